The molecule has 0 unspecified atom stereocenters. The lowest BCUT2D eigenvalue weighted by Gasteiger charge is -2.24. The molecule has 0 heterocycles. The van der Waals surface area contributed by atoms with Gasteiger partial charge < -0.3 is 10.6 Å². The second kappa shape index (κ2) is 6.01. The Labute approximate surface area is 124 Å². The van der Waals surface area contributed by atoms with Crippen LogP contribution in [-0.4, -0.2) is 19.1 Å². The molecule has 2 rings (SSSR count). The molecule has 0 aliphatic rings. The number of nitrogens with zero attached hydrogens (tertiary/aromatic N) is 1. The second-order valence-electron chi connectivity index (χ2n) is 4.67. The van der Waals surface area contributed by atoms with Crippen molar-refractivity contribution in [1.82, 2.24) is 0 Å². The van der Waals surface area contributed by atoms with Crippen molar-refractivity contribution in [1.29, 1.82) is 5.41 Å². The summed E-state index contributed by atoms with van der Waals surface area (Å²) in [6.45, 7) is 2.07. The van der Waals surface area contributed by atoms with Crippen LogP contribution in [0.1, 0.15) is 11.1 Å². The summed E-state index contributed by atoms with van der Waals surface area (Å²) in [5.74, 6) is 0.101. The number of nitrogen functional groups attached to an aromatic ring is 1. The van der Waals surface area contributed by atoms with Gasteiger partial charge in [-0.3, -0.25) is 5.41 Å². The fourth-order valence-electron chi connectivity index (χ4n) is 2.22. The highest BCUT2D eigenvalue weighted by Gasteiger charge is 2.15. The van der Waals surface area contributed by atoms with Gasteiger partial charge in [-0.25, -0.2) is 0 Å². The van der Waals surface area contributed by atoms with Gasteiger partial charge in [0, 0.05) is 17.6 Å². The number of hydrogen-bond acceptors (Lipinski definition) is 3. The Morgan fingerprint density at radius 2 is 1.90 bits per heavy atom. The van der Waals surface area contributed by atoms with Gasteiger partial charge in [-0.1, -0.05) is 18.2 Å². The zero-order valence-electron chi connectivity index (χ0n) is 12.0. The molecule has 0 spiro atoms. The normalized spacial score (nSPS) is 10.3. The lowest BCUT2D eigenvalue weighted by Crippen LogP contribution is -2.19. The van der Waals surface area contributed by atoms with E-state index in [0.717, 1.165) is 21.8 Å². The summed E-state index contributed by atoms with van der Waals surface area (Å²) in [4.78, 5) is 3.10. The average Bonchev–Trinajstić information content (AvgIpc) is 2.45. The van der Waals surface area contributed by atoms with E-state index in [-0.39, 0.29) is 5.84 Å². The Kier molecular flexibility index (Phi) is 4.35. The third-order valence-electron chi connectivity index (χ3n) is 3.24. The first-order valence-corrected chi connectivity index (χ1v) is 7.59. The molecular weight excluding hydrogens is 266 g/mol. The Morgan fingerprint density at radius 3 is 2.50 bits per heavy atom. The van der Waals surface area contributed by atoms with Crippen LogP contribution in [-0.2, 0) is 0 Å². The van der Waals surface area contributed by atoms with Crippen LogP contribution >= 0.6 is 11.8 Å². The minimum absolute atomic E-state index is 0.101. The first-order valence-electron chi connectivity index (χ1n) is 6.36. The second-order valence-corrected chi connectivity index (χ2v) is 5.51. The van der Waals surface area contributed by atoms with Crippen molar-refractivity contribution in [3.8, 4) is 0 Å². The minimum atomic E-state index is 0.101. The molecule has 0 amide bonds. The van der Waals surface area contributed by atoms with Gasteiger partial charge in [0.25, 0.3) is 0 Å². The van der Waals surface area contributed by atoms with E-state index in [1.807, 2.05) is 37.6 Å². The summed E-state index contributed by atoms with van der Waals surface area (Å²) < 4.78 is 0. The third kappa shape index (κ3) is 2.80. The molecule has 3 N–H and O–H groups in total. The molecule has 2 aromatic carbocycles. The molecule has 0 fully saturated rings. The summed E-state index contributed by atoms with van der Waals surface area (Å²) in [6.07, 6.45) is 2.00. The van der Waals surface area contributed by atoms with Crippen molar-refractivity contribution in [2.45, 2.75) is 11.8 Å². The smallest absolute Gasteiger partial charge is 0.126 e. The highest BCUT2D eigenvalue weighted by molar-refractivity contribution is 7.98. The molecule has 20 heavy (non-hydrogen) atoms. The maximum atomic E-state index is 7.86. The number of thioether (sulfide) groups is 1. The Hall–Kier alpha value is -1.94. The van der Waals surface area contributed by atoms with Crippen LogP contribution in [0.15, 0.2) is 47.4 Å². The molecule has 0 aromatic heterocycles. The van der Waals surface area contributed by atoms with Gasteiger partial charge in [-0.2, -0.15) is 0 Å². The van der Waals surface area contributed by atoms with Gasteiger partial charge in [0.2, 0.25) is 0 Å². The average molecular weight is 285 g/mol. The SMILES string of the molecule is CSc1cccc(N(C)c2cccc(C)c2)c1C(=N)N. The van der Waals surface area contributed by atoms with Crippen LogP contribution in [0.5, 0.6) is 0 Å². The number of nitrogens with one attached hydrogen (secondary N) is 1. The van der Waals surface area contributed by atoms with E-state index >= 15 is 0 Å². The van der Waals surface area contributed by atoms with Gasteiger partial charge in [-0.15, -0.1) is 11.8 Å². The minimum Gasteiger partial charge on any atom is -0.384 e. The largest absolute Gasteiger partial charge is 0.384 e. The zero-order chi connectivity index (χ0) is 14.7. The van der Waals surface area contributed by atoms with E-state index in [2.05, 4.69) is 30.0 Å². The van der Waals surface area contributed by atoms with E-state index in [9.17, 15) is 0 Å². The first-order chi connectivity index (χ1) is 9.54. The van der Waals surface area contributed by atoms with E-state index in [1.54, 1.807) is 11.8 Å². The summed E-state index contributed by atoms with van der Waals surface area (Å²) in [5, 5.41) is 7.86. The predicted octanol–water partition coefficient (Wildman–Crippen LogP) is 3.77. The van der Waals surface area contributed by atoms with Crippen molar-refractivity contribution >= 4 is 29.0 Å². The monoisotopic (exact) mass is 285 g/mol. The Bertz CT molecular complexity index is 637. The first kappa shape index (κ1) is 14.5. The third-order valence-corrected chi connectivity index (χ3v) is 4.02. The van der Waals surface area contributed by atoms with Crippen molar-refractivity contribution in [2.75, 3.05) is 18.2 Å². The molecule has 0 bridgehead atoms. The van der Waals surface area contributed by atoms with Crippen LogP contribution in [0.2, 0.25) is 0 Å². The number of benzene rings is 2. The van der Waals surface area contributed by atoms with E-state index in [0.29, 0.717) is 0 Å². The molecule has 3 nitrogen and oxygen atoms in total. The molecule has 0 aliphatic carbocycles. The van der Waals surface area contributed by atoms with Crippen LogP contribution < -0.4 is 10.6 Å². The van der Waals surface area contributed by atoms with E-state index in [4.69, 9.17) is 11.1 Å². The van der Waals surface area contributed by atoms with Crippen molar-refractivity contribution in [2.24, 2.45) is 5.73 Å². The van der Waals surface area contributed by atoms with Gasteiger partial charge in [0.15, 0.2) is 0 Å². The standard InChI is InChI=1S/C16H19N3S/c1-11-6-4-7-12(10-11)19(2)13-8-5-9-14(20-3)15(13)16(17)18/h4-10H,1-3H3,(H3,17,18). The molecule has 2 aromatic rings. The van der Waals surface area contributed by atoms with Gasteiger partial charge in [0.05, 0.1) is 11.3 Å². The van der Waals surface area contributed by atoms with Crippen molar-refractivity contribution in [3.63, 3.8) is 0 Å². The molecular formula is C16H19N3S. The van der Waals surface area contributed by atoms with Gasteiger partial charge >= 0.3 is 0 Å². The van der Waals surface area contributed by atoms with Gasteiger partial charge in [-0.05, 0) is 43.0 Å². The number of anilines is 2. The maximum absolute atomic E-state index is 7.86. The molecule has 4 heteroatoms. The van der Waals surface area contributed by atoms with E-state index in [1.165, 1.54) is 5.56 Å². The molecule has 0 radical (unpaired) electrons. The number of amidine groups is 1. The zero-order valence-corrected chi connectivity index (χ0v) is 12.8. The fraction of sp³-hybridized carbons (Fsp3) is 0.188. The van der Waals surface area contributed by atoms with E-state index < -0.39 is 0 Å². The number of nitrogens with two attached hydrogens (primary N) is 1. The predicted molar refractivity (Wildman–Crippen MR) is 88.5 cm³/mol. The van der Waals surface area contributed by atoms with Crippen LogP contribution in [0.4, 0.5) is 11.4 Å². The lowest BCUT2D eigenvalue weighted by atomic mass is 10.1. The fourth-order valence-corrected chi connectivity index (χ4v) is 2.85. The number of hydrogen-bond donors (Lipinski definition) is 2. The van der Waals surface area contributed by atoms with Crippen LogP contribution in [0, 0.1) is 12.3 Å². The molecule has 104 valence electrons. The molecule has 0 aliphatic heterocycles. The van der Waals surface area contributed by atoms with Crippen molar-refractivity contribution in [3.05, 3.63) is 53.6 Å². The summed E-state index contributed by atoms with van der Waals surface area (Å²) >= 11 is 1.61. The highest BCUT2D eigenvalue weighted by atomic mass is 32.2. The summed E-state index contributed by atoms with van der Waals surface area (Å²) in [6, 6.07) is 14.3. The summed E-state index contributed by atoms with van der Waals surface area (Å²) in [7, 11) is 2.00. The molecule has 0 saturated heterocycles. The molecule has 0 saturated carbocycles. The lowest BCUT2D eigenvalue weighted by molar-refractivity contribution is 1.17. The number of rotatable bonds is 4. The van der Waals surface area contributed by atoms with Crippen LogP contribution in [0.3, 0.4) is 0 Å². The number of aryl methyl sites for hydroxylation is 1. The van der Waals surface area contributed by atoms with Crippen molar-refractivity contribution < 1.29 is 0 Å². The Morgan fingerprint density at radius 1 is 1.20 bits per heavy atom. The van der Waals surface area contributed by atoms with Gasteiger partial charge in [0.1, 0.15) is 5.84 Å². The quantitative estimate of drug-likeness (QED) is 0.511. The highest BCUT2D eigenvalue weighted by Crippen LogP contribution is 2.32. The summed E-state index contributed by atoms with van der Waals surface area (Å²) in [5.41, 5.74) is 9.83. The topological polar surface area (TPSA) is 53.1 Å². The Balaban J connectivity index is 2.54. The maximum Gasteiger partial charge on any atom is 0.126 e. The van der Waals surface area contributed by atoms with Crippen LogP contribution in [0.25, 0.3) is 0 Å². The molecule has 0 atom stereocenters.